The minimum atomic E-state index is -0.373. The van der Waals surface area contributed by atoms with Crippen LogP contribution in [0.1, 0.15) is 12.0 Å². The minimum Gasteiger partial charge on any atom is -0.352 e. The van der Waals surface area contributed by atoms with Gasteiger partial charge in [-0.1, -0.05) is 23.7 Å². The van der Waals surface area contributed by atoms with Crippen molar-refractivity contribution in [3.05, 3.63) is 41.4 Å². The Morgan fingerprint density at radius 1 is 1.39 bits per heavy atom. The van der Waals surface area contributed by atoms with E-state index in [0.717, 1.165) is 5.56 Å². The van der Waals surface area contributed by atoms with Crippen LogP contribution >= 0.6 is 11.6 Å². The molecule has 0 aliphatic carbocycles. The van der Waals surface area contributed by atoms with Crippen molar-refractivity contribution >= 4 is 29.1 Å². The molecule has 2 amide bonds. The molecule has 0 heterocycles. The summed E-state index contributed by atoms with van der Waals surface area (Å²) >= 11 is 5.83. The van der Waals surface area contributed by atoms with Gasteiger partial charge in [-0.25, -0.2) is 0 Å². The first-order chi connectivity index (χ1) is 8.52. The van der Waals surface area contributed by atoms with Gasteiger partial charge >= 0.3 is 0 Å². The number of anilines is 1. The Bertz CT molecular complexity index is 472. The predicted octanol–water partition coefficient (Wildman–Crippen LogP) is 2.28. The minimum absolute atomic E-state index is 0.222. The molecule has 5 heteroatoms. The summed E-state index contributed by atoms with van der Waals surface area (Å²) in [4.78, 5) is 22.9. The van der Waals surface area contributed by atoms with E-state index in [1.165, 1.54) is 0 Å². The van der Waals surface area contributed by atoms with E-state index in [2.05, 4.69) is 17.2 Å². The van der Waals surface area contributed by atoms with Gasteiger partial charge in [-0.3, -0.25) is 9.59 Å². The lowest BCUT2D eigenvalue weighted by molar-refractivity contribution is -0.126. The van der Waals surface area contributed by atoms with Gasteiger partial charge in [-0.05, 0) is 24.6 Å². The van der Waals surface area contributed by atoms with Crippen molar-refractivity contribution in [1.82, 2.24) is 5.32 Å². The molecule has 18 heavy (non-hydrogen) atoms. The lowest BCUT2D eigenvalue weighted by Crippen LogP contribution is -2.28. The molecule has 1 rings (SSSR count). The molecule has 0 bridgehead atoms. The Labute approximate surface area is 111 Å². The molecule has 0 saturated carbocycles. The van der Waals surface area contributed by atoms with Crippen molar-refractivity contribution in [3.8, 4) is 0 Å². The lowest BCUT2D eigenvalue weighted by atomic mass is 10.2. The summed E-state index contributed by atoms with van der Waals surface area (Å²) in [5.41, 5.74) is 1.50. The van der Waals surface area contributed by atoms with Gasteiger partial charge in [-0.2, -0.15) is 0 Å². The van der Waals surface area contributed by atoms with Gasteiger partial charge in [0, 0.05) is 17.3 Å². The maximum atomic E-state index is 11.6. The zero-order valence-electron chi connectivity index (χ0n) is 10.1. The zero-order chi connectivity index (χ0) is 13.5. The normalized spacial score (nSPS) is 9.67. The van der Waals surface area contributed by atoms with Crippen molar-refractivity contribution in [2.45, 2.75) is 13.3 Å². The number of carbonyl (C=O) groups excluding carboxylic acids is 2. The molecule has 4 nitrogen and oxygen atoms in total. The van der Waals surface area contributed by atoms with E-state index >= 15 is 0 Å². The second-order valence-corrected chi connectivity index (χ2v) is 4.21. The second-order valence-electron chi connectivity index (χ2n) is 3.78. The summed E-state index contributed by atoms with van der Waals surface area (Å²) in [5, 5.41) is 5.71. The molecule has 0 atom stereocenters. The van der Waals surface area contributed by atoms with E-state index in [1.54, 1.807) is 24.3 Å². The van der Waals surface area contributed by atoms with E-state index in [0.29, 0.717) is 17.3 Å². The molecule has 2 N–H and O–H groups in total. The number of hydrogen-bond acceptors (Lipinski definition) is 2. The van der Waals surface area contributed by atoms with Crippen LogP contribution < -0.4 is 10.6 Å². The van der Waals surface area contributed by atoms with Crippen LogP contribution in [0.25, 0.3) is 0 Å². The largest absolute Gasteiger partial charge is 0.352 e. The molecule has 0 aliphatic heterocycles. The monoisotopic (exact) mass is 266 g/mol. The Morgan fingerprint density at radius 2 is 2.11 bits per heavy atom. The third kappa shape index (κ3) is 4.59. The molecule has 0 unspecified atom stereocenters. The van der Waals surface area contributed by atoms with Crippen molar-refractivity contribution in [1.29, 1.82) is 0 Å². The van der Waals surface area contributed by atoms with Gasteiger partial charge in [0.15, 0.2) is 0 Å². The van der Waals surface area contributed by atoms with E-state index in [-0.39, 0.29) is 18.2 Å². The average molecular weight is 267 g/mol. The number of nitrogens with one attached hydrogen (secondary N) is 2. The van der Waals surface area contributed by atoms with Crippen molar-refractivity contribution in [2.24, 2.45) is 0 Å². The molecule has 0 aliphatic rings. The van der Waals surface area contributed by atoms with Gasteiger partial charge in [0.05, 0.1) is 0 Å². The highest BCUT2D eigenvalue weighted by molar-refractivity contribution is 6.31. The number of aryl methyl sites for hydroxylation is 1. The molecule has 1 aromatic rings. The van der Waals surface area contributed by atoms with E-state index < -0.39 is 0 Å². The molecular weight excluding hydrogens is 252 g/mol. The third-order valence-corrected chi connectivity index (χ3v) is 2.47. The quantitative estimate of drug-likeness (QED) is 0.635. The van der Waals surface area contributed by atoms with Crippen LogP contribution in [-0.2, 0) is 9.59 Å². The Morgan fingerprint density at radius 3 is 2.78 bits per heavy atom. The first-order valence-electron chi connectivity index (χ1n) is 5.46. The van der Waals surface area contributed by atoms with Gasteiger partial charge in [-0.15, -0.1) is 6.58 Å². The zero-order valence-corrected chi connectivity index (χ0v) is 10.9. The highest BCUT2D eigenvalue weighted by Crippen LogP contribution is 2.20. The maximum absolute atomic E-state index is 11.6. The number of hydrogen-bond donors (Lipinski definition) is 2. The van der Waals surface area contributed by atoms with Crippen LogP contribution in [0.3, 0.4) is 0 Å². The summed E-state index contributed by atoms with van der Waals surface area (Å²) in [6.07, 6.45) is 1.33. The first kappa shape index (κ1) is 14.3. The number of amides is 2. The Balaban J connectivity index is 2.56. The fourth-order valence-electron chi connectivity index (χ4n) is 1.32. The molecular formula is C13H15ClN2O2. The summed E-state index contributed by atoms with van der Waals surface area (Å²) in [7, 11) is 0. The number of carbonyl (C=O) groups is 2. The number of halogens is 1. The fraction of sp³-hybridized carbons (Fsp3) is 0.231. The second kappa shape index (κ2) is 6.81. The maximum Gasteiger partial charge on any atom is 0.233 e. The summed E-state index contributed by atoms with van der Waals surface area (Å²) < 4.78 is 0. The van der Waals surface area contributed by atoms with E-state index in [4.69, 9.17) is 11.6 Å². The van der Waals surface area contributed by atoms with E-state index in [1.807, 2.05) is 6.92 Å². The SMILES string of the molecule is C=CCNC(=O)CC(=O)Nc1cc(Cl)ccc1C. The van der Waals surface area contributed by atoms with Gasteiger partial charge < -0.3 is 10.6 Å². The highest BCUT2D eigenvalue weighted by atomic mass is 35.5. The predicted molar refractivity (Wildman–Crippen MR) is 72.6 cm³/mol. The smallest absolute Gasteiger partial charge is 0.233 e. The fourth-order valence-corrected chi connectivity index (χ4v) is 1.49. The summed E-state index contributed by atoms with van der Waals surface area (Å²) in [6, 6.07) is 5.19. The highest BCUT2D eigenvalue weighted by Gasteiger charge is 2.10. The molecule has 1 aromatic carbocycles. The first-order valence-corrected chi connectivity index (χ1v) is 5.84. The standard InChI is InChI=1S/C13H15ClN2O2/c1-3-6-15-12(17)8-13(18)16-11-7-10(14)5-4-9(11)2/h3-5,7H,1,6,8H2,2H3,(H,15,17)(H,16,18). The van der Waals surface area contributed by atoms with Gasteiger partial charge in [0.2, 0.25) is 11.8 Å². The van der Waals surface area contributed by atoms with Crippen LogP contribution in [0.15, 0.2) is 30.9 Å². The molecule has 0 spiro atoms. The van der Waals surface area contributed by atoms with Gasteiger partial charge in [0.25, 0.3) is 0 Å². The summed E-state index contributed by atoms with van der Waals surface area (Å²) in [5.74, 6) is -0.714. The molecule has 0 fully saturated rings. The molecule has 0 saturated heterocycles. The van der Waals surface area contributed by atoms with Crippen LogP contribution in [-0.4, -0.2) is 18.4 Å². The van der Waals surface area contributed by atoms with Crippen LogP contribution in [0, 0.1) is 6.92 Å². The van der Waals surface area contributed by atoms with Crippen molar-refractivity contribution in [3.63, 3.8) is 0 Å². The number of benzene rings is 1. The molecule has 0 aromatic heterocycles. The average Bonchev–Trinajstić information content (AvgIpc) is 2.31. The Hall–Kier alpha value is -1.81. The van der Waals surface area contributed by atoms with E-state index in [9.17, 15) is 9.59 Å². The number of rotatable bonds is 5. The van der Waals surface area contributed by atoms with Crippen molar-refractivity contribution in [2.75, 3.05) is 11.9 Å². The molecule has 0 radical (unpaired) electrons. The third-order valence-electron chi connectivity index (χ3n) is 2.24. The topological polar surface area (TPSA) is 58.2 Å². The van der Waals surface area contributed by atoms with Crippen LogP contribution in [0.4, 0.5) is 5.69 Å². The Kier molecular flexibility index (Phi) is 5.39. The van der Waals surface area contributed by atoms with Gasteiger partial charge in [0.1, 0.15) is 6.42 Å². The lowest BCUT2D eigenvalue weighted by Gasteiger charge is -2.08. The summed E-state index contributed by atoms with van der Waals surface area (Å²) in [6.45, 7) is 5.67. The van der Waals surface area contributed by atoms with Crippen LogP contribution in [0.2, 0.25) is 5.02 Å². The van der Waals surface area contributed by atoms with Crippen LogP contribution in [0.5, 0.6) is 0 Å². The van der Waals surface area contributed by atoms with Crippen molar-refractivity contribution < 1.29 is 9.59 Å². The molecule has 96 valence electrons.